The Bertz CT molecular complexity index is 741. The number of aryl methyl sites for hydroxylation is 1. The van der Waals surface area contributed by atoms with Crippen molar-refractivity contribution < 1.29 is 13.2 Å². The summed E-state index contributed by atoms with van der Waals surface area (Å²) in [6.07, 6.45) is 5.10. The summed E-state index contributed by atoms with van der Waals surface area (Å²) in [4.78, 5) is 2.41. The number of hydrogen-bond acceptors (Lipinski definition) is 5. The molecule has 23 heavy (non-hydrogen) atoms. The Morgan fingerprint density at radius 3 is 2.78 bits per heavy atom. The molecule has 126 valence electrons. The molecule has 0 radical (unpaired) electrons. The van der Waals surface area contributed by atoms with Gasteiger partial charge in [-0.3, -0.25) is 9.58 Å². The Labute approximate surface area is 137 Å². The quantitative estimate of drug-likeness (QED) is 0.735. The van der Waals surface area contributed by atoms with Gasteiger partial charge in [0.25, 0.3) is 0 Å². The number of aromatic nitrogens is 2. The van der Waals surface area contributed by atoms with Gasteiger partial charge >= 0.3 is 0 Å². The Morgan fingerprint density at radius 2 is 2.13 bits per heavy atom. The first-order valence-corrected chi connectivity index (χ1v) is 9.40. The monoisotopic (exact) mass is 337 g/mol. The van der Waals surface area contributed by atoms with Gasteiger partial charge in [-0.05, 0) is 32.2 Å². The van der Waals surface area contributed by atoms with Crippen LogP contribution in [0, 0.1) is 0 Å². The topological polar surface area (TPSA) is 64.4 Å². The van der Waals surface area contributed by atoms with Crippen LogP contribution < -0.4 is 4.74 Å². The van der Waals surface area contributed by atoms with E-state index in [1.54, 1.807) is 24.3 Å². The lowest BCUT2D eigenvalue weighted by Gasteiger charge is -2.16. The summed E-state index contributed by atoms with van der Waals surface area (Å²) in [5.41, 5.74) is 1.16. The largest absolute Gasteiger partial charge is 0.492 e. The van der Waals surface area contributed by atoms with Crippen molar-refractivity contribution in [1.29, 1.82) is 0 Å². The second-order valence-electron chi connectivity index (χ2n) is 5.54. The number of ether oxygens (including phenoxy) is 1. The molecule has 0 saturated heterocycles. The fourth-order valence-corrected chi connectivity index (χ4v) is 2.82. The molecule has 0 N–H and O–H groups in total. The van der Waals surface area contributed by atoms with Crippen molar-refractivity contribution in [2.24, 2.45) is 0 Å². The third-order valence-corrected chi connectivity index (χ3v) is 4.55. The van der Waals surface area contributed by atoms with E-state index in [0.29, 0.717) is 12.4 Å². The van der Waals surface area contributed by atoms with Crippen LogP contribution >= 0.6 is 0 Å². The van der Waals surface area contributed by atoms with Crippen LogP contribution in [0.5, 0.6) is 5.75 Å². The van der Waals surface area contributed by atoms with Crippen molar-refractivity contribution in [2.75, 3.05) is 26.5 Å². The van der Waals surface area contributed by atoms with Crippen LogP contribution in [0.2, 0.25) is 0 Å². The molecule has 0 aliphatic carbocycles. The molecule has 6 nitrogen and oxygen atoms in total. The van der Waals surface area contributed by atoms with Crippen molar-refractivity contribution in [3.8, 4) is 5.75 Å². The summed E-state index contributed by atoms with van der Waals surface area (Å²) < 4.78 is 30.6. The number of benzene rings is 1. The third kappa shape index (κ3) is 5.37. The van der Waals surface area contributed by atoms with Gasteiger partial charge in [-0.2, -0.15) is 5.10 Å². The molecule has 0 unspecified atom stereocenters. The molecule has 1 aromatic carbocycles. The molecule has 0 saturated carbocycles. The summed E-state index contributed by atoms with van der Waals surface area (Å²) in [6, 6.07) is 6.58. The zero-order valence-electron chi connectivity index (χ0n) is 13.8. The summed E-state index contributed by atoms with van der Waals surface area (Å²) in [7, 11) is -1.19. The predicted octanol–water partition coefficient (Wildman–Crippen LogP) is 1.82. The lowest BCUT2D eigenvalue weighted by Crippen LogP contribution is -2.23. The maximum atomic E-state index is 11.5. The molecule has 0 atom stereocenters. The average molecular weight is 337 g/mol. The molecule has 2 rings (SSSR count). The summed E-state index contributed by atoms with van der Waals surface area (Å²) >= 11 is 0. The van der Waals surface area contributed by atoms with Gasteiger partial charge in [0.05, 0.1) is 11.1 Å². The van der Waals surface area contributed by atoms with E-state index in [1.165, 1.54) is 6.26 Å². The van der Waals surface area contributed by atoms with E-state index >= 15 is 0 Å². The normalized spacial score (nSPS) is 11.8. The Balaban J connectivity index is 1.82. The van der Waals surface area contributed by atoms with Crippen LogP contribution in [0.15, 0.2) is 41.6 Å². The smallest absolute Gasteiger partial charge is 0.175 e. The number of nitrogens with zero attached hydrogens (tertiary/aromatic N) is 3. The molecule has 1 heterocycles. The fourth-order valence-electron chi connectivity index (χ4n) is 2.17. The minimum atomic E-state index is -3.21. The predicted molar refractivity (Wildman–Crippen MR) is 89.3 cm³/mol. The highest BCUT2D eigenvalue weighted by atomic mass is 32.2. The highest BCUT2D eigenvalue weighted by Gasteiger charge is 2.08. The molecule has 0 bridgehead atoms. The van der Waals surface area contributed by atoms with Gasteiger partial charge in [0.2, 0.25) is 0 Å². The van der Waals surface area contributed by atoms with E-state index in [9.17, 15) is 8.42 Å². The zero-order chi connectivity index (χ0) is 16.9. The molecule has 0 spiro atoms. The molecular weight excluding hydrogens is 314 g/mol. The van der Waals surface area contributed by atoms with Crippen LogP contribution in [-0.4, -0.2) is 49.6 Å². The molecule has 0 amide bonds. The Morgan fingerprint density at radius 1 is 1.35 bits per heavy atom. The lowest BCUT2D eigenvalue weighted by molar-refractivity contribution is 0.232. The minimum absolute atomic E-state index is 0.273. The molecule has 0 fully saturated rings. The van der Waals surface area contributed by atoms with Crippen molar-refractivity contribution in [3.63, 3.8) is 0 Å². The third-order valence-electron chi connectivity index (χ3n) is 3.44. The van der Waals surface area contributed by atoms with Crippen LogP contribution in [-0.2, 0) is 22.9 Å². The second kappa shape index (κ2) is 7.61. The van der Waals surface area contributed by atoms with E-state index in [-0.39, 0.29) is 4.90 Å². The molecule has 7 heteroatoms. The van der Waals surface area contributed by atoms with Gasteiger partial charge in [0.15, 0.2) is 9.84 Å². The molecule has 0 aliphatic rings. The van der Waals surface area contributed by atoms with Crippen molar-refractivity contribution in [2.45, 2.75) is 24.9 Å². The standard InChI is InChI=1S/C16H23N3O3S/c1-4-19-13-14(11-17-19)12-18(2)8-9-22-15-6-5-7-16(10-15)23(3,20)21/h5-7,10-11,13H,4,8-9,12H2,1-3H3. The van der Waals surface area contributed by atoms with Crippen LogP contribution in [0.25, 0.3) is 0 Å². The molecule has 2 aromatic rings. The van der Waals surface area contributed by atoms with Crippen LogP contribution in [0.1, 0.15) is 12.5 Å². The Kier molecular flexibility index (Phi) is 5.79. The maximum absolute atomic E-state index is 11.5. The molecule has 1 aromatic heterocycles. The Hall–Kier alpha value is -1.86. The van der Waals surface area contributed by atoms with E-state index in [0.717, 1.165) is 25.2 Å². The fraction of sp³-hybridized carbons (Fsp3) is 0.438. The van der Waals surface area contributed by atoms with Gasteiger partial charge < -0.3 is 4.74 Å². The lowest BCUT2D eigenvalue weighted by atomic mass is 10.3. The number of hydrogen-bond donors (Lipinski definition) is 0. The van der Waals surface area contributed by atoms with E-state index in [2.05, 4.69) is 16.9 Å². The summed E-state index contributed by atoms with van der Waals surface area (Å²) in [6.45, 7) is 4.95. The van der Waals surface area contributed by atoms with Crippen LogP contribution in [0.4, 0.5) is 0 Å². The SMILES string of the molecule is CCn1cc(CN(C)CCOc2cccc(S(C)(=O)=O)c2)cn1. The van der Waals surface area contributed by atoms with Crippen LogP contribution in [0.3, 0.4) is 0 Å². The first-order chi connectivity index (χ1) is 10.9. The second-order valence-corrected chi connectivity index (χ2v) is 7.55. The first-order valence-electron chi connectivity index (χ1n) is 7.51. The van der Waals surface area contributed by atoms with Gasteiger partial charge in [-0.25, -0.2) is 8.42 Å². The first kappa shape index (κ1) is 17.5. The zero-order valence-corrected chi connectivity index (χ0v) is 14.6. The minimum Gasteiger partial charge on any atom is -0.492 e. The van der Waals surface area contributed by atoms with Crippen molar-refractivity contribution in [3.05, 3.63) is 42.2 Å². The van der Waals surface area contributed by atoms with Gasteiger partial charge in [0, 0.05) is 37.7 Å². The van der Waals surface area contributed by atoms with E-state index in [4.69, 9.17) is 4.74 Å². The van der Waals surface area contributed by atoms with Gasteiger partial charge in [-0.1, -0.05) is 6.07 Å². The van der Waals surface area contributed by atoms with Crippen molar-refractivity contribution >= 4 is 9.84 Å². The van der Waals surface area contributed by atoms with E-state index < -0.39 is 9.84 Å². The number of likely N-dealkylation sites (N-methyl/N-ethyl adjacent to an activating group) is 1. The summed E-state index contributed by atoms with van der Waals surface area (Å²) in [5.74, 6) is 0.570. The summed E-state index contributed by atoms with van der Waals surface area (Å²) in [5, 5.41) is 4.25. The average Bonchev–Trinajstić information content (AvgIpc) is 2.94. The van der Waals surface area contributed by atoms with E-state index in [1.807, 2.05) is 24.1 Å². The molecular formula is C16H23N3O3S. The highest BCUT2D eigenvalue weighted by molar-refractivity contribution is 7.90. The number of sulfone groups is 1. The van der Waals surface area contributed by atoms with Gasteiger partial charge in [0.1, 0.15) is 12.4 Å². The number of rotatable bonds is 8. The van der Waals surface area contributed by atoms with Gasteiger partial charge in [-0.15, -0.1) is 0 Å². The molecule has 0 aliphatic heterocycles. The highest BCUT2D eigenvalue weighted by Crippen LogP contribution is 2.17. The maximum Gasteiger partial charge on any atom is 0.175 e. The van der Waals surface area contributed by atoms with Crippen molar-refractivity contribution in [1.82, 2.24) is 14.7 Å².